The van der Waals surface area contributed by atoms with Crippen molar-refractivity contribution in [1.82, 2.24) is 10.6 Å². The van der Waals surface area contributed by atoms with Crippen LogP contribution in [-0.2, 0) is 9.59 Å². The van der Waals surface area contributed by atoms with E-state index in [9.17, 15) is 14.4 Å². The molecule has 7 nitrogen and oxygen atoms in total. The molecule has 0 aliphatic rings. The highest BCUT2D eigenvalue weighted by atomic mass is 16.2. The van der Waals surface area contributed by atoms with Gasteiger partial charge < -0.3 is 21.3 Å². The molecule has 0 heterocycles. The SMILES string of the molecule is CNC(=O)CNC(=O)Nc1ccc(NC(=O)CC(C)C)cc1. The summed E-state index contributed by atoms with van der Waals surface area (Å²) in [7, 11) is 1.49. The Bertz CT molecular complexity index is 526. The molecule has 0 radical (unpaired) electrons. The lowest BCUT2D eigenvalue weighted by molar-refractivity contribution is -0.119. The summed E-state index contributed by atoms with van der Waals surface area (Å²) in [5, 5.41) is 10.2. The van der Waals surface area contributed by atoms with Gasteiger partial charge in [0.2, 0.25) is 11.8 Å². The van der Waals surface area contributed by atoms with E-state index in [1.165, 1.54) is 7.05 Å². The molecule has 0 saturated carbocycles. The summed E-state index contributed by atoms with van der Waals surface area (Å²) in [5.74, 6) is -0.0256. The van der Waals surface area contributed by atoms with Crippen molar-refractivity contribution >= 4 is 29.2 Å². The molecule has 0 fully saturated rings. The first kappa shape index (κ1) is 17.5. The maximum atomic E-state index is 11.6. The van der Waals surface area contributed by atoms with Gasteiger partial charge in [-0.15, -0.1) is 0 Å². The van der Waals surface area contributed by atoms with Crippen molar-refractivity contribution in [3.8, 4) is 0 Å². The van der Waals surface area contributed by atoms with E-state index in [0.29, 0.717) is 23.7 Å². The van der Waals surface area contributed by atoms with Crippen molar-refractivity contribution in [3.05, 3.63) is 24.3 Å². The Morgan fingerprint density at radius 2 is 1.50 bits per heavy atom. The molecule has 1 aromatic carbocycles. The third-order valence-electron chi connectivity index (χ3n) is 2.71. The van der Waals surface area contributed by atoms with Crippen molar-refractivity contribution in [3.63, 3.8) is 0 Å². The van der Waals surface area contributed by atoms with Gasteiger partial charge >= 0.3 is 6.03 Å². The van der Waals surface area contributed by atoms with Gasteiger partial charge in [-0.3, -0.25) is 9.59 Å². The van der Waals surface area contributed by atoms with E-state index in [1.54, 1.807) is 24.3 Å². The molecule has 1 rings (SSSR count). The molecule has 0 atom stereocenters. The van der Waals surface area contributed by atoms with Gasteiger partial charge in [0.1, 0.15) is 0 Å². The summed E-state index contributed by atoms with van der Waals surface area (Å²) in [6.07, 6.45) is 0.460. The molecule has 7 heteroatoms. The fourth-order valence-electron chi connectivity index (χ4n) is 1.64. The van der Waals surface area contributed by atoms with Crippen LogP contribution in [0, 0.1) is 5.92 Å². The fourth-order valence-corrected chi connectivity index (χ4v) is 1.64. The van der Waals surface area contributed by atoms with Crippen LogP contribution in [0.3, 0.4) is 0 Å². The number of amides is 4. The minimum atomic E-state index is -0.472. The van der Waals surface area contributed by atoms with Crippen LogP contribution < -0.4 is 21.3 Å². The monoisotopic (exact) mass is 306 g/mol. The maximum Gasteiger partial charge on any atom is 0.319 e. The Hall–Kier alpha value is -2.57. The molecule has 1 aromatic rings. The molecular weight excluding hydrogens is 284 g/mol. The third-order valence-corrected chi connectivity index (χ3v) is 2.71. The standard InChI is InChI=1S/C15H22N4O3/c1-10(2)8-13(20)18-11-4-6-12(7-5-11)19-15(22)17-9-14(21)16-3/h4-7,10H,8-9H2,1-3H3,(H,16,21)(H,18,20)(H2,17,19,22). The number of hydrogen-bond donors (Lipinski definition) is 4. The molecule has 0 aliphatic heterocycles. The van der Waals surface area contributed by atoms with Crippen molar-refractivity contribution in [2.45, 2.75) is 20.3 Å². The van der Waals surface area contributed by atoms with Gasteiger partial charge in [-0.2, -0.15) is 0 Å². The number of urea groups is 1. The highest BCUT2D eigenvalue weighted by molar-refractivity contribution is 5.93. The number of hydrogen-bond acceptors (Lipinski definition) is 3. The second-order valence-corrected chi connectivity index (χ2v) is 5.20. The summed E-state index contributed by atoms with van der Waals surface area (Å²) in [4.78, 5) is 34.2. The van der Waals surface area contributed by atoms with E-state index in [4.69, 9.17) is 0 Å². The van der Waals surface area contributed by atoms with Crippen LogP contribution >= 0.6 is 0 Å². The summed E-state index contributed by atoms with van der Waals surface area (Å²) >= 11 is 0. The zero-order valence-electron chi connectivity index (χ0n) is 13.0. The molecule has 22 heavy (non-hydrogen) atoms. The minimum Gasteiger partial charge on any atom is -0.358 e. The quantitative estimate of drug-likeness (QED) is 0.641. The molecule has 0 spiro atoms. The van der Waals surface area contributed by atoms with E-state index < -0.39 is 6.03 Å². The number of benzene rings is 1. The topological polar surface area (TPSA) is 99.3 Å². The highest BCUT2D eigenvalue weighted by Gasteiger charge is 2.06. The lowest BCUT2D eigenvalue weighted by Crippen LogP contribution is -2.37. The number of nitrogens with one attached hydrogen (secondary N) is 4. The van der Waals surface area contributed by atoms with Gasteiger partial charge in [-0.1, -0.05) is 13.8 Å². The fraction of sp³-hybridized carbons (Fsp3) is 0.400. The van der Waals surface area contributed by atoms with Crippen LogP contribution in [0.25, 0.3) is 0 Å². The van der Waals surface area contributed by atoms with Crippen LogP contribution in [-0.4, -0.2) is 31.4 Å². The largest absolute Gasteiger partial charge is 0.358 e. The van der Waals surface area contributed by atoms with Gasteiger partial charge in [0.25, 0.3) is 0 Å². The van der Waals surface area contributed by atoms with Crippen LogP contribution in [0.2, 0.25) is 0 Å². The first-order valence-electron chi connectivity index (χ1n) is 7.06. The second kappa shape index (κ2) is 8.66. The average molecular weight is 306 g/mol. The van der Waals surface area contributed by atoms with Gasteiger partial charge in [0.15, 0.2) is 0 Å². The van der Waals surface area contributed by atoms with Crippen LogP contribution in [0.1, 0.15) is 20.3 Å². The van der Waals surface area contributed by atoms with Crippen LogP contribution in [0.15, 0.2) is 24.3 Å². The molecule has 120 valence electrons. The van der Waals surface area contributed by atoms with Crippen molar-refractivity contribution in [2.75, 3.05) is 24.2 Å². The average Bonchev–Trinajstić information content (AvgIpc) is 2.46. The number of carbonyl (C=O) groups excluding carboxylic acids is 3. The molecule has 4 amide bonds. The van der Waals surface area contributed by atoms with Crippen LogP contribution in [0.5, 0.6) is 0 Å². The van der Waals surface area contributed by atoms with E-state index in [1.807, 2.05) is 13.8 Å². The molecule has 0 unspecified atom stereocenters. The second-order valence-electron chi connectivity index (χ2n) is 5.20. The molecule has 0 aromatic heterocycles. The van der Waals surface area contributed by atoms with Crippen LogP contribution in [0.4, 0.5) is 16.2 Å². The van der Waals surface area contributed by atoms with Gasteiger partial charge in [-0.25, -0.2) is 4.79 Å². The zero-order chi connectivity index (χ0) is 16.5. The number of anilines is 2. The van der Waals surface area contributed by atoms with E-state index >= 15 is 0 Å². The number of carbonyl (C=O) groups is 3. The molecule has 4 N–H and O–H groups in total. The summed E-state index contributed by atoms with van der Waals surface area (Å²) in [5.41, 5.74) is 1.23. The lowest BCUT2D eigenvalue weighted by atomic mass is 10.1. The predicted molar refractivity (Wildman–Crippen MR) is 85.6 cm³/mol. The first-order valence-corrected chi connectivity index (χ1v) is 7.06. The Morgan fingerprint density at radius 1 is 0.955 bits per heavy atom. The van der Waals surface area contributed by atoms with Crippen molar-refractivity contribution in [2.24, 2.45) is 5.92 Å². The summed E-state index contributed by atoms with van der Waals surface area (Å²) < 4.78 is 0. The number of rotatable bonds is 6. The van der Waals surface area contributed by atoms with Gasteiger partial charge in [0, 0.05) is 24.8 Å². The van der Waals surface area contributed by atoms with E-state index in [-0.39, 0.29) is 18.4 Å². The van der Waals surface area contributed by atoms with E-state index in [2.05, 4.69) is 21.3 Å². The van der Waals surface area contributed by atoms with Crippen molar-refractivity contribution < 1.29 is 14.4 Å². The molecule has 0 bridgehead atoms. The summed E-state index contributed by atoms with van der Waals surface area (Å²) in [6.45, 7) is 3.86. The zero-order valence-corrected chi connectivity index (χ0v) is 13.0. The Morgan fingerprint density at radius 3 is 2.00 bits per heavy atom. The van der Waals surface area contributed by atoms with Crippen molar-refractivity contribution in [1.29, 1.82) is 0 Å². The Kier molecular flexibility index (Phi) is 6.88. The Labute approximate surface area is 129 Å². The third kappa shape index (κ3) is 6.74. The molecule has 0 aliphatic carbocycles. The predicted octanol–water partition coefficient (Wildman–Crippen LogP) is 1.54. The van der Waals surface area contributed by atoms with E-state index in [0.717, 1.165) is 0 Å². The van der Waals surface area contributed by atoms with Gasteiger partial charge in [-0.05, 0) is 30.2 Å². The molecular formula is C15H22N4O3. The Balaban J connectivity index is 2.46. The first-order chi connectivity index (χ1) is 10.4. The normalized spacial score (nSPS) is 10.0. The maximum absolute atomic E-state index is 11.6. The molecule has 0 saturated heterocycles. The minimum absolute atomic E-state index is 0.0426. The number of likely N-dealkylation sites (N-methyl/N-ethyl adjacent to an activating group) is 1. The lowest BCUT2D eigenvalue weighted by Gasteiger charge is -2.09. The van der Waals surface area contributed by atoms with Gasteiger partial charge in [0.05, 0.1) is 6.54 Å². The highest BCUT2D eigenvalue weighted by Crippen LogP contribution is 2.14. The summed E-state index contributed by atoms with van der Waals surface area (Å²) in [6, 6.07) is 6.27. The smallest absolute Gasteiger partial charge is 0.319 e.